The van der Waals surface area contributed by atoms with Gasteiger partial charge in [0.05, 0.1) is 4.90 Å². The van der Waals surface area contributed by atoms with Crippen molar-refractivity contribution in [3.05, 3.63) is 57.6 Å². The lowest BCUT2D eigenvalue weighted by Gasteiger charge is -2.12. The maximum Gasteiger partial charge on any atom is 0.238 e. The summed E-state index contributed by atoms with van der Waals surface area (Å²) >= 11 is 3.41. The lowest BCUT2D eigenvalue weighted by atomic mass is 10.1. The summed E-state index contributed by atoms with van der Waals surface area (Å²) in [5, 5.41) is 5.22. The molecule has 2 aromatic carbocycles. The maximum absolute atomic E-state index is 11.5. The summed E-state index contributed by atoms with van der Waals surface area (Å²) in [4.78, 5) is 0.164. The Bertz CT molecular complexity index is 749. The van der Waals surface area contributed by atoms with E-state index in [1.54, 1.807) is 26.0 Å². The average molecular weight is 370 g/mol. The molecule has 0 amide bonds. The Morgan fingerprint density at radius 2 is 1.76 bits per heavy atom. The number of benzene rings is 2. The van der Waals surface area contributed by atoms with Crippen LogP contribution in [-0.2, 0) is 16.6 Å². The van der Waals surface area contributed by atoms with Crippen LogP contribution in [-0.4, -0.2) is 8.42 Å². The number of nitrogens with two attached hydrogens (primary N) is 1. The molecule has 0 aromatic heterocycles. The third-order valence-electron chi connectivity index (χ3n) is 3.01. The van der Waals surface area contributed by atoms with Gasteiger partial charge in [-0.1, -0.05) is 28.1 Å². The minimum atomic E-state index is -3.72. The summed E-state index contributed by atoms with van der Waals surface area (Å²) in [5.74, 6) is 0.623. The zero-order valence-corrected chi connectivity index (χ0v) is 14.2. The van der Waals surface area contributed by atoms with Crippen LogP contribution in [0, 0.1) is 13.8 Å². The number of hydrogen-bond donors (Lipinski definition) is 1. The third-order valence-corrected chi connectivity index (χ3v) is 4.72. The van der Waals surface area contributed by atoms with Crippen LogP contribution in [0.5, 0.6) is 5.75 Å². The highest BCUT2D eigenvalue weighted by molar-refractivity contribution is 9.10. The molecule has 0 saturated carbocycles. The van der Waals surface area contributed by atoms with Crippen molar-refractivity contribution in [2.24, 2.45) is 5.14 Å². The van der Waals surface area contributed by atoms with E-state index in [-0.39, 0.29) is 4.90 Å². The summed E-state index contributed by atoms with van der Waals surface area (Å²) in [6.07, 6.45) is 0. The number of halogens is 1. The molecule has 2 aromatic rings. The first-order chi connectivity index (χ1) is 9.77. The van der Waals surface area contributed by atoms with E-state index in [1.807, 2.05) is 24.3 Å². The first-order valence-electron chi connectivity index (χ1n) is 6.28. The van der Waals surface area contributed by atoms with E-state index in [9.17, 15) is 8.42 Å². The maximum atomic E-state index is 11.5. The van der Waals surface area contributed by atoms with Crippen molar-refractivity contribution in [3.63, 3.8) is 0 Å². The van der Waals surface area contributed by atoms with E-state index < -0.39 is 10.0 Å². The predicted octanol–water partition coefficient (Wildman–Crippen LogP) is 3.29. The van der Waals surface area contributed by atoms with Gasteiger partial charge in [0, 0.05) is 4.47 Å². The molecule has 112 valence electrons. The average Bonchev–Trinajstić information content (AvgIpc) is 2.34. The van der Waals surface area contributed by atoms with Crippen molar-refractivity contribution in [1.82, 2.24) is 0 Å². The first-order valence-corrected chi connectivity index (χ1v) is 8.62. The second-order valence-electron chi connectivity index (χ2n) is 4.85. The van der Waals surface area contributed by atoms with Gasteiger partial charge in [0.2, 0.25) is 10.0 Å². The summed E-state index contributed by atoms with van der Waals surface area (Å²) in [6.45, 7) is 3.82. The Balaban J connectivity index is 2.23. The Morgan fingerprint density at radius 1 is 1.14 bits per heavy atom. The number of ether oxygens (including phenoxy) is 1. The second kappa shape index (κ2) is 6.17. The fourth-order valence-electron chi connectivity index (χ4n) is 2.24. The number of rotatable bonds is 4. The fourth-order valence-corrected chi connectivity index (χ4v) is 3.70. The Morgan fingerprint density at radius 3 is 2.29 bits per heavy atom. The summed E-state index contributed by atoms with van der Waals surface area (Å²) in [6, 6.07) is 11.2. The normalized spacial score (nSPS) is 11.4. The standard InChI is InChI=1S/C15H16BrNO3S/c1-10-6-14(7-11(2)15(10)21(17,18)19)20-9-12-4-3-5-13(16)8-12/h3-8H,9H2,1-2H3,(H2,17,18,19). The highest BCUT2D eigenvalue weighted by Crippen LogP contribution is 2.25. The van der Waals surface area contributed by atoms with Crippen LogP contribution >= 0.6 is 15.9 Å². The smallest absolute Gasteiger partial charge is 0.238 e. The zero-order valence-electron chi connectivity index (χ0n) is 11.8. The molecule has 21 heavy (non-hydrogen) atoms. The van der Waals surface area contributed by atoms with E-state index in [2.05, 4.69) is 15.9 Å². The van der Waals surface area contributed by atoms with Gasteiger partial charge in [-0.05, 0) is 54.8 Å². The highest BCUT2D eigenvalue weighted by Gasteiger charge is 2.16. The molecule has 0 bridgehead atoms. The van der Waals surface area contributed by atoms with Crippen molar-refractivity contribution in [3.8, 4) is 5.75 Å². The molecule has 0 unspecified atom stereocenters. The van der Waals surface area contributed by atoms with Crippen LogP contribution in [0.1, 0.15) is 16.7 Å². The lowest BCUT2D eigenvalue weighted by molar-refractivity contribution is 0.305. The van der Waals surface area contributed by atoms with Crippen LogP contribution in [0.2, 0.25) is 0 Å². The van der Waals surface area contributed by atoms with Crippen LogP contribution < -0.4 is 9.88 Å². The minimum absolute atomic E-state index is 0.164. The molecular formula is C15H16BrNO3S. The van der Waals surface area contributed by atoms with E-state index in [1.165, 1.54) is 0 Å². The highest BCUT2D eigenvalue weighted by atomic mass is 79.9. The van der Waals surface area contributed by atoms with Crippen LogP contribution in [0.15, 0.2) is 45.8 Å². The van der Waals surface area contributed by atoms with Gasteiger partial charge in [-0.25, -0.2) is 13.6 Å². The molecule has 2 rings (SSSR count). The predicted molar refractivity (Wildman–Crippen MR) is 85.8 cm³/mol. The van der Waals surface area contributed by atoms with Crippen LogP contribution in [0.25, 0.3) is 0 Å². The van der Waals surface area contributed by atoms with Gasteiger partial charge in [-0.3, -0.25) is 0 Å². The van der Waals surface area contributed by atoms with E-state index in [4.69, 9.17) is 9.88 Å². The molecule has 4 nitrogen and oxygen atoms in total. The molecule has 0 heterocycles. The van der Waals surface area contributed by atoms with E-state index in [0.717, 1.165) is 10.0 Å². The molecular weight excluding hydrogens is 354 g/mol. The lowest BCUT2D eigenvalue weighted by Crippen LogP contribution is -2.15. The molecule has 0 aliphatic carbocycles. The Kier molecular flexibility index (Phi) is 4.70. The fraction of sp³-hybridized carbons (Fsp3) is 0.200. The number of primary sulfonamides is 1. The quantitative estimate of drug-likeness (QED) is 0.898. The van der Waals surface area contributed by atoms with Crippen molar-refractivity contribution in [1.29, 1.82) is 0 Å². The van der Waals surface area contributed by atoms with Crippen molar-refractivity contribution in [2.45, 2.75) is 25.3 Å². The number of sulfonamides is 1. The van der Waals surface area contributed by atoms with Gasteiger partial charge >= 0.3 is 0 Å². The van der Waals surface area contributed by atoms with Gasteiger partial charge in [-0.2, -0.15) is 0 Å². The molecule has 0 spiro atoms. The third kappa shape index (κ3) is 4.06. The second-order valence-corrected chi connectivity index (χ2v) is 7.26. The Hall–Kier alpha value is -1.37. The minimum Gasteiger partial charge on any atom is -0.489 e. The monoisotopic (exact) mass is 369 g/mol. The van der Waals surface area contributed by atoms with Gasteiger partial charge in [0.1, 0.15) is 12.4 Å². The van der Waals surface area contributed by atoms with Crippen molar-refractivity contribution < 1.29 is 13.2 Å². The van der Waals surface area contributed by atoms with E-state index in [0.29, 0.717) is 23.5 Å². The summed E-state index contributed by atoms with van der Waals surface area (Å²) in [7, 11) is -3.72. The molecule has 2 N–H and O–H groups in total. The molecule has 6 heteroatoms. The Labute approximate surface area is 133 Å². The molecule has 0 atom stereocenters. The van der Waals surface area contributed by atoms with Crippen LogP contribution in [0.4, 0.5) is 0 Å². The van der Waals surface area contributed by atoms with Crippen molar-refractivity contribution in [2.75, 3.05) is 0 Å². The molecule has 0 saturated heterocycles. The molecule has 0 aliphatic rings. The van der Waals surface area contributed by atoms with Gasteiger partial charge in [-0.15, -0.1) is 0 Å². The SMILES string of the molecule is Cc1cc(OCc2cccc(Br)c2)cc(C)c1S(N)(=O)=O. The summed E-state index contributed by atoms with van der Waals surface area (Å²) < 4.78 is 29.8. The van der Waals surface area contributed by atoms with Gasteiger partial charge in [0.15, 0.2) is 0 Å². The largest absolute Gasteiger partial charge is 0.489 e. The summed E-state index contributed by atoms with van der Waals surface area (Å²) in [5.41, 5.74) is 2.19. The molecule has 0 aliphatic heterocycles. The number of hydrogen-bond acceptors (Lipinski definition) is 3. The van der Waals surface area contributed by atoms with Crippen molar-refractivity contribution >= 4 is 26.0 Å². The molecule has 0 radical (unpaired) electrons. The zero-order chi connectivity index (χ0) is 15.6. The first kappa shape index (κ1) is 16.0. The van der Waals surface area contributed by atoms with Gasteiger partial charge in [0.25, 0.3) is 0 Å². The molecule has 0 fully saturated rings. The van der Waals surface area contributed by atoms with Crippen LogP contribution in [0.3, 0.4) is 0 Å². The van der Waals surface area contributed by atoms with E-state index >= 15 is 0 Å². The number of aryl methyl sites for hydroxylation is 2. The topological polar surface area (TPSA) is 69.4 Å². The van der Waals surface area contributed by atoms with Gasteiger partial charge < -0.3 is 4.74 Å².